The number of nitrogens with zero attached hydrogens (tertiary/aromatic N) is 2. The SMILES string of the molecule is CC(C)N1CCN(CC2(CS)CCCC2)C(=O)C1=O. The highest BCUT2D eigenvalue weighted by molar-refractivity contribution is 7.80. The predicted molar refractivity (Wildman–Crippen MR) is 78.2 cm³/mol. The molecule has 0 N–H and O–H groups in total. The molecule has 1 saturated carbocycles. The van der Waals surface area contributed by atoms with Gasteiger partial charge in [-0.15, -0.1) is 0 Å². The van der Waals surface area contributed by atoms with E-state index in [4.69, 9.17) is 0 Å². The molecule has 1 saturated heterocycles. The first-order chi connectivity index (χ1) is 8.99. The molecule has 0 atom stereocenters. The van der Waals surface area contributed by atoms with Gasteiger partial charge >= 0.3 is 11.8 Å². The summed E-state index contributed by atoms with van der Waals surface area (Å²) in [5.74, 6) is 0.139. The van der Waals surface area contributed by atoms with Crippen molar-refractivity contribution in [1.29, 1.82) is 0 Å². The van der Waals surface area contributed by atoms with Crippen molar-refractivity contribution in [3.8, 4) is 0 Å². The zero-order valence-corrected chi connectivity index (χ0v) is 12.8. The Morgan fingerprint density at radius 3 is 2.32 bits per heavy atom. The number of rotatable bonds is 4. The van der Waals surface area contributed by atoms with Crippen LogP contribution in [0.15, 0.2) is 0 Å². The van der Waals surface area contributed by atoms with E-state index < -0.39 is 0 Å². The minimum absolute atomic E-state index is 0.101. The minimum atomic E-state index is -0.339. The molecular formula is C14H24N2O2S. The van der Waals surface area contributed by atoms with Crippen LogP contribution in [-0.2, 0) is 9.59 Å². The number of hydrogen-bond acceptors (Lipinski definition) is 3. The first-order valence-electron chi connectivity index (χ1n) is 7.20. The zero-order chi connectivity index (χ0) is 14.0. The molecule has 108 valence electrons. The van der Waals surface area contributed by atoms with Crippen LogP contribution in [0.4, 0.5) is 0 Å². The van der Waals surface area contributed by atoms with E-state index in [0.717, 1.165) is 18.6 Å². The summed E-state index contributed by atoms with van der Waals surface area (Å²) in [5.41, 5.74) is 0.138. The second kappa shape index (κ2) is 5.73. The maximum Gasteiger partial charge on any atom is 0.312 e. The quantitative estimate of drug-likeness (QED) is 0.628. The topological polar surface area (TPSA) is 40.6 Å². The van der Waals surface area contributed by atoms with Gasteiger partial charge in [-0.2, -0.15) is 12.6 Å². The summed E-state index contributed by atoms with van der Waals surface area (Å²) >= 11 is 4.47. The summed E-state index contributed by atoms with van der Waals surface area (Å²) in [5, 5.41) is 0. The van der Waals surface area contributed by atoms with E-state index >= 15 is 0 Å². The molecule has 1 heterocycles. The van der Waals surface area contributed by atoms with Crippen molar-refractivity contribution < 1.29 is 9.59 Å². The lowest BCUT2D eigenvalue weighted by Gasteiger charge is -2.40. The second-order valence-electron chi connectivity index (χ2n) is 6.18. The maximum atomic E-state index is 12.2. The van der Waals surface area contributed by atoms with E-state index in [2.05, 4.69) is 12.6 Å². The lowest BCUT2D eigenvalue weighted by Crippen LogP contribution is -2.58. The number of amides is 2. The molecule has 2 fully saturated rings. The smallest absolute Gasteiger partial charge is 0.312 e. The van der Waals surface area contributed by atoms with E-state index in [9.17, 15) is 9.59 Å². The van der Waals surface area contributed by atoms with Crippen molar-refractivity contribution in [3.05, 3.63) is 0 Å². The zero-order valence-electron chi connectivity index (χ0n) is 11.9. The second-order valence-corrected chi connectivity index (χ2v) is 6.50. The molecule has 2 amide bonds. The molecule has 0 unspecified atom stereocenters. The van der Waals surface area contributed by atoms with Crippen LogP contribution in [0.1, 0.15) is 39.5 Å². The van der Waals surface area contributed by atoms with Crippen LogP contribution in [-0.4, -0.2) is 53.0 Å². The van der Waals surface area contributed by atoms with Gasteiger partial charge in [0, 0.05) is 25.7 Å². The highest BCUT2D eigenvalue weighted by Crippen LogP contribution is 2.40. The van der Waals surface area contributed by atoms with Crippen molar-refractivity contribution in [2.24, 2.45) is 5.41 Å². The standard InChI is InChI=1S/C14H24N2O2S/c1-11(2)16-8-7-15(12(17)13(16)18)9-14(10-19)5-3-4-6-14/h11,19H,3-10H2,1-2H3. The Balaban J connectivity index is 2.03. The highest BCUT2D eigenvalue weighted by Gasteiger charge is 2.40. The first-order valence-corrected chi connectivity index (χ1v) is 7.83. The maximum absolute atomic E-state index is 12.2. The van der Waals surface area contributed by atoms with Gasteiger partial charge in [0.1, 0.15) is 0 Å². The predicted octanol–water partition coefficient (Wildman–Crippen LogP) is 1.56. The normalized spacial score (nSPS) is 23.6. The molecule has 0 bridgehead atoms. The third-order valence-corrected chi connectivity index (χ3v) is 5.16. The summed E-state index contributed by atoms with van der Waals surface area (Å²) in [7, 11) is 0. The van der Waals surface area contributed by atoms with Crippen LogP contribution >= 0.6 is 12.6 Å². The Bertz CT molecular complexity index is 364. The van der Waals surface area contributed by atoms with Crippen LogP contribution in [0, 0.1) is 5.41 Å². The van der Waals surface area contributed by atoms with Crippen LogP contribution in [0.3, 0.4) is 0 Å². The number of thiol groups is 1. The highest BCUT2D eigenvalue weighted by atomic mass is 32.1. The molecule has 0 spiro atoms. The molecule has 1 aliphatic carbocycles. The molecule has 19 heavy (non-hydrogen) atoms. The van der Waals surface area contributed by atoms with Gasteiger partial charge in [-0.05, 0) is 37.9 Å². The molecule has 1 aliphatic heterocycles. The largest absolute Gasteiger partial charge is 0.332 e. The lowest BCUT2D eigenvalue weighted by molar-refractivity contribution is -0.158. The van der Waals surface area contributed by atoms with Gasteiger partial charge in [0.2, 0.25) is 0 Å². The average Bonchev–Trinajstić information content (AvgIpc) is 2.84. The number of piperazine rings is 1. The third-order valence-electron chi connectivity index (χ3n) is 4.49. The van der Waals surface area contributed by atoms with Crippen LogP contribution in [0.2, 0.25) is 0 Å². The summed E-state index contributed by atoms with van der Waals surface area (Å²) in [6.07, 6.45) is 4.69. The third kappa shape index (κ3) is 2.91. The number of carbonyl (C=O) groups excluding carboxylic acids is 2. The van der Waals surface area contributed by atoms with Crippen molar-refractivity contribution in [3.63, 3.8) is 0 Å². The van der Waals surface area contributed by atoms with E-state index in [0.29, 0.717) is 19.6 Å². The van der Waals surface area contributed by atoms with E-state index in [1.807, 2.05) is 13.8 Å². The van der Waals surface area contributed by atoms with Gasteiger partial charge in [0.25, 0.3) is 0 Å². The fourth-order valence-electron chi connectivity index (χ4n) is 3.23. The number of carbonyl (C=O) groups is 2. The Morgan fingerprint density at radius 2 is 1.79 bits per heavy atom. The number of hydrogen-bond donors (Lipinski definition) is 1. The molecule has 0 aromatic heterocycles. The first kappa shape index (κ1) is 14.7. The fraction of sp³-hybridized carbons (Fsp3) is 0.857. The molecule has 4 nitrogen and oxygen atoms in total. The summed E-state index contributed by atoms with van der Waals surface area (Å²) < 4.78 is 0. The Kier molecular flexibility index (Phi) is 4.43. The molecule has 2 rings (SSSR count). The van der Waals surface area contributed by atoms with Gasteiger partial charge in [-0.1, -0.05) is 12.8 Å². The van der Waals surface area contributed by atoms with Crippen LogP contribution in [0.5, 0.6) is 0 Å². The van der Waals surface area contributed by atoms with E-state index in [1.54, 1.807) is 9.80 Å². The monoisotopic (exact) mass is 284 g/mol. The molecule has 5 heteroatoms. The van der Waals surface area contributed by atoms with Crippen LogP contribution in [0.25, 0.3) is 0 Å². The molecule has 0 aromatic rings. The van der Waals surface area contributed by atoms with E-state index in [-0.39, 0.29) is 23.3 Å². The van der Waals surface area contributed by atoms with Gasteiger partial charge in [-0.25, -0.2) is 0 Å². The van der Waals surface area contributed by atoms with Gasteiger partial charge in [0.15, 0.2) is 0 Å². The summed E-state index contributed by atoms with van der Waals surface area (Å²) in [4.78, 5) is 27.7. The molecular weight excluding hydrogens is 260 g/mol. The fourth-order valence-corrected chi connectivity index (χ4v) is 3.65. The van der Waals surface area contributed by atoms with E-state index in [1.165, 1.54) is 12.8 Å². The molecule has 0 aromatic carbocycles. The minimum Gasteiger partial charge on any atom is -0.332 e. The van der Waals surface area contributed by atoms with Crippen molar-refractivity contribution in [2.45, 2.75) is 45.6 Å². The molecule has 2 aliphatic rings. The lowest BCUT2D eigenvalue weighted by atomic mass is 9.87. The molecule has 0 radical (unpaired) electrons. The van der Waals surface area contributed by atoms with Crippen molar-refractivity contribution >= 4 is 24.4 Å². The van der Waals surface area contributed by atoms with Crippen LogP contribution < -0.4 is 0 Å². The average molecular weight is 284 g/mol. The Morgan fingerprint density at radius 1 is 1.16 bits per heavy atom. The Hall–Kier alpha value is -0.710. The van der Waals surface area contributed by atoms with Crippen molar-refractivity contribution in [2.75, 3.05) is 25.4 Å². The summed E-state index contributed by atoms with van der Waals surface area (Å²) in [6.45, 7) is 5.93. The van der Waals surface area contributed by atoms with Gasteiger partial charge in [-0.3, -0.25) is 9.59 Å². The summed E-state index contributed by atoms with van der Waals surface area (Å²) in [6, 6.07) is 0.101. The van der Waals surface area contributed by atoms with Crippen molar-refractivity contribution in [1.82, 2.24) is 9.80 Å². The Labute approximate surface area is 120 Å². The van der Waals surface area contributed by atoms with Gasteiger partial charge < -0.3 is 9.80 Å². The van der Waals surface area contributed by atoms with Gasteiger partial charge in [0.05, 0.1) is 0 Å².